The fourth-order valence-electron chi connectivity index (χ4n) is 1.00. The molecule has 0 atom stereocenters. The average Bonchev–Trinajstić information content (AvgIpc) is 2.73. The molecule has 1 rings (SSSR count). The number of hydrogen-bond donors (Lipinski definition) is 0. The zero-order valence-electron chi connectivity index (χ0n) is 9.98. The zero-order chi connectivity index (χ0) is 13.3. The lowest BCUT2D eigenvalue weighted by Gasteiger charge is -1.97. The SMILES string of the molecule is CCCCn1cc[n+](C)c1.N#C[B-](F)(F)C#N. The van der Waals surface area contributed by atoms with Crippen LogP contribution in [0.15, 0.2) is 18.7 Å². The normalized spacial score (nSPS) is 9.76. The molecule has 17 heavy (non-hydrogen) atoms. The lowest BCUT2D eigenvalue weighted by Crippen LogP contribution is -2.23. The van der Waals surface area contributed by atoms with Gasteiger partial charge in [0, 0.05) is 0 Å². The van der Waals surface area contributed by atoms with Crippen LogP contribution in [-0.2, 0) is 13.6 Å². The van der Waals surface area contributed by atoms with Gasteiger partial charge in [0.15, 0.2) is 0 Å². The van der Waals surface area contributed by atoms with Gasteiger partial charge in [-0.3, -0.25) is 0 Å². The molecule has 0 aliphatic heterocycles. The van der Waals surface area contributed by atoms with Crippen LogP contribution in [-0.4, -0.2) is 11.3 Å². The molecule has 0 amide bonds. The van der Waals surface area contributed by atoms with Gasteiger partial charge in [-0.2, -0.15) is 0 Å². The Hall–Kier alpha value is -1.89. The first kappa shape index (κ1) is 15.1. The summed E-state index contributed by atoms with van der Waals surface area (Å²) in [5, 5.41) is 14.8. The maximum atomic E-state index is 11.2. The molecule has 0 aromatic carbocycles. The van der Waals surface area contributed by atoms with Gasteiger partial charge in [0.05, 0.1) is 13.6 Å². The van der Waals surface area contributed by atoms with Gasteiger partial charge in [0.25, 0.3) is 0 Å². The Bertz CT molecular complexity index is 401. The summed E-state index contributed by atoms with van der Waals surface area (Å²) in [6, 6.07) is 0. The molecule has 4 nitrogen and oxygen atoms in total. The maximum absolute atomic E-state index is 11.2. The second-order valence-electron chi connectivity index (χ2n) is 3.59. The largest absolute Gasteiger partial charge is 0.504 e. The third kappa shape index (κ3) is 7.07. The summed E-state index contributed by atoms with van der Waals surface area (Å²) >= 11 is 0. The Labute approximate surface area is 99.7 Å². The predicted molar refractivity (Wildman–Crippen MR) is 59.7 cm³/mol. The van der Waals surface area contributed by atoms with Crippen molar-refractivity contribution in [1.82, 2.24) is 4.57 Å². The number of imidazole rings is 1. The lowest BCUT2D eigenvalue weighted by atomic mass is 9.70. The highest BCUT2D eigenvalue weighted by Gasteiger charge is 2.20. The summed E-state index contributed by atoms with van der Waals surface area (Å²) in [7, 11) is 2.04. The molecule has 0 saturated heterocycles. The van der Waals surface area contributed by atoms with E-state index >= 15 is 0 Å². The van der Waals surface area contributed by atoms with Crippen LogP contribution in [0.2, 0.25) is 0 Å². The van der Waals surface area contributed by atoms with E-state index in [1.807, 2.05) is 7.05 Å². The van der Waals surface area contributed by atoms with E-state index in [9.17, 15) is 8.63 Å². The van der Waals surface area contributed by atoms with Crippen LogP contribution in [0.3, 0.4) is 0 Å². The Balaban J connectivity index is 0.000000325. The summed E-state index contributed by atoms with van der Waals surface area (Å²) in [5.41, 5.74) is 0. The van der Waals surface area contributed by atoms with E-state index in [0.717, 1.165) is 6.54 Å². The van der Waals surface area contributed by atoms with Crippen LogP contribution >= 0.6 is 0 Å². The summed E-state index contributed by atoms with van der Waals surface area (Å²) in [5.74, 6) is 1.12. The molecule has 0 N–H and O–H groups in total. The molecule has 1 heterocycles. The minimum Gasteiger partial charge on any atom is -0.453 e. The number of rotatable bonds is 3. The highest BCUT2D eigenvalue weighted by molar-refractivity contribution is 6.81. The van der Waals surface area contributed by atoms with E-state index in [-0.39, 0.29) is 0 Å². The lowest BCUT2D eigenvalue weighted by molar-refractivity contribution is -0.671. The fourth-order valence-corrected chi connectivity index (χ4v) is 1.00. The molecule has 0 saturated carbocycles. The summed E-state index contributed by atoms with van der Waals surface area (Å²) in [6.07, 6.45) is 8.82. The topological polar surface area (TPSA) is 56.4 Å². The molecule has 0 aliphatic carbocycles. The number of unbranched alkanes of at least 4 members (excludes halogenated alkanes) is 1. The van der Waals surface area contributed by atoms with Gasteiger partial charge in [0.1, 0.15) is 12.4 Å². The van der Waals surface area contributed by atoms with Gasteiger partial charge in [-0.15, -0.1) is 0 Å². The van der Waals surface area contributed by atoms with Crippen molar-refractivity contribution in [2.24, 2.45) is 7.05 Å². The smallest absolute Gasteiger partial charge is 0.453 e. The predicted octanol–water partition coefficient (Wildman–Crippen LogP) is 1.61. The van der Waals surface area contributed by atoms with Crippen LogP contribution in [0.5, 0.6) is 0 Å². The van der Waals surface area contributed by atoms with Crippen LogP contribution < -0.4 is 4.57 Å². The number of nitrogens with zero attached hydrogens (tertiary/aromatic N) is 4. The minimum atomic E-state index is -4.36. The second-order valence-corrected chi connectivity index (χ2v) is 3.59. The summed E-state index contributed by atoms with van der Waals surface area (Å²) < 4.78 is 26.7. The standard InChI is InChI=1S/C8H15N2.C2BF2N2/c1-3-4-5-10-7-6-9(2)8-10;4-3(5,1-6)2-7/h6-8H,3-5H2,1-2H3;/q+1;-1. The Kier molecular flexibility index (Phi) is 6.58. The van der Waals surface area contributed by atoms with E-state index in [1.165, 1.54) is 12.8 Å². The van der Waals surface area contributed by atoms with Gasteiger partial charge in [0.2, 0.25) is 6.33 Å². The monoisotopic (exact) mass is 240 g/mol. The van der Waals surface area contributed by atoms with Crippen LogP contribution in [0, 0.1) is 22.5 Å². The molecular formula is C10H15BF2N4. The maximum Gasteiger partial charge on any atom is 0.504 e. The molecule has 7 heteroatoms. The van der Waals surface area contributed by atoms with Crippen molar-refractivity contribution in [2.75, 3.05) is 0 Å². The van der Waals surface area contributed by atoms with Gasteiger partial charge in [-0.1, -0.05) is 25.3 Å². The summed E-state index contributed by atoms with van der Waals surface area (Å²) in [4.78, 5) is 0. The number of aryl methyl sites for hydroxylation is 2. The highest BCUT2D eigenvalue weighted by atomic mass is 19.2. The van der Waals surface area contributed by atoms with Crippen molar-refractivity contribution in [3.8, 4) is 11.9 Å². The third-order valence-electron chi connectivity index (χ3n) is 1.92. The third-order valence-corrected chi connectivity index (χ3v) is 1.92. The van der Waals surface area contributed by atoms with Crippen molar-refractivity contribution in [3.63, 3.8) is 0 Å². The van der Waals surface area contributed by atoms with Crippen LogP contribution in [0.4, 0.5) is 8.63 Å². The first-order valence-electron chi connectivity index (χ1n) is 5.30. The summed E-state index contributed by atoms with van der Waals surface area (Å²) in [6.45, 7) is -0.999. The molecule has 0 radical (unpaired) electrons. The molecule has 0 bridgehead atoms. The minimum absolute atomic E-state index is 0.559. The van der Waals surface area contributed by atoms with Gasteiger partial charge >= 0.3 is 6.70 Å². The molecule has 0 spiro atoms. The Morgan fingerprint density at radius 2 is 1.94 bits per heavy atom. The van der Waals surface area contributed by atoms with Crippen molar-refractivity contribution >= 4 is 6.70 Å². The molecule has 92 valence electrons. The van der Waals surface area contributed by atoms with Crippen molar-refractivity contribution in [3.05, 3.63) is 18.7 Å². The molecule has 0 unspecified atom stereocenters. The molecule has 0 fully saturated rings. The van der Waals surface area contributed by atoms with Gasteiger partial charge < -0.3 is 8.63 Å². The van der Waals surface area contributed by atoms with Crippen molar-refractivity contribution < 1.29 is 13.2 Å². The molecule has 1 aromatic heterocycles. The number of halogens is 2. The highest BCUT2D eigenvalue weighted by Crippen LogP contribution is 1.99. The number of aromatic nitrogens is 2. The van der Waals surface area contributed by atoms with E-state index in [4.69, 9.17) is 10.5 Å². The van der Waals surface area contributed by atoms with E-state index in [1.54, 1.807) is 0 Å². The molecular weight excluding hydrogens is 225 g/mol. The quantitative estimate of drug-likeness (QED) is 0.595. The Morgan fingerprint density at radius 3 is 2.24 bits per heavy atom. The van der Waals surface area contributed by atoms with Gasteiger partial charge in [-0.05, 0) is 6.42 Å². The Morgan fingerprint density at radius 1 is 1.35 bits per heavy atom. The van der Waals surface area contributed by atoms with E-state index in [2.05, 4.69) is 34.8 Å². The first-order valence-corrected chi connectivity index (χ1v) is 5.30. The van der Waals surface area contributed by atoms with Crippen molar-refractivity contribution in [2.45, 2.75) is 26.3 Å². The fraction of sp³-hybridized carbons (Fsp3) is 0.500. The van der Waals surface area contributed by atoms with Crippen LogP contribution in [0.25, 0.3) is 0 Å². The second kappa shape index (κ2) is 7.40. The number of hydrogen-bond acceptors (Lipinski definition) is 2. The van der Waals surface area contributed by atoms with Gasteiger partial charge in [-0.25, -0.2) is 19.7 Å². The molecule has 1 aromatic rings. The number of nitriles is 2. The van der Waals surface area contributed by atoms with E-state index < -0.39 is 6.70 Å². The van der Waals surface area contributed by atoms with Crippen LogP contribution in [0.1, 0.15) is 19.8 Å². The zero-order valence-corrected chi connectivity index (χ0v) is 9.98. The van der Waals surface area contributed by atoms with Crippen molar-refractivity contribution in [1.29, 1.82) is 10.5 Å². The first-order chi connectivity index (χ1) is 7.95. The van der Waals surface area contributed by atoms with E-state index in [0.29, 0.717) is 11.9 Å². The average molecular weight is 240 g/mol. The molecule has 0 aliphatic rings.